The zero-order chi connectivity index (χ0) is 23.2. The van der Waals surface area contributed by atoms with Gasteiger partial charge >= 0.3 is 0 Å². The molecule has 0 bridgehead atoms. The van der Waals surface area contributed by atoms with Gasteiger partial charge in [-0.05, 0) is 30.5 Å². The first-order valence-electron chi connectivity index (χ1n) is 10.5. The molecule has 2 N–H and O–H groups in total. The van der Waals surface area contributed by atoms with E-state index in [0.717, 1.165) is 16.5 Å². The number of nitrogens with zero attached hydrogens (tertiary/aromatic N) is 4. The molecule has 0 unspecified atom stereocenters. The highest BCUT2D eigenvalue weighted by molar-refractivity contribution is 7.99. The molecule has 33 heavy (non-hydrogen) atoms. The molecule has 0 aliphatic heterocycles. The van der Waals surface area contributed by atoms with Gasteiger partial charge in [-0.2, -0.15) is 0 Å². The normalized spacial score (nSPS) is 10.8. The van der Waals surface area contributed by atoms with Crippen LogP contribution < -0.4 is 20.2 Å². The van der Waals surface area contributed by atoms with E-state index >= 15 is 0 Å². The van der Waals surface area contributed by atoms with E-state index in [2.05, 4.69) is 10.2 Å². The molecule has 0 aliphatic rings. The molecular weight excluding hydrogens is 438 g/mol. The highest BCUT2D eigenvalue weighted by Gasteiger charge is 2.19. The smallest absolute Gasteiger partial charge is 0.237 e. The second kappa shape index (κ2) is 10.3. The maximum atomic E-state index is 13.1. The molecule has 0 atom stereocenters. The van der Waals surface area contributed by atoms with Gasteiger partial charge in [0.05, 0.1) is 18.6 Å². The fraction of sp³-hybridized carbons (Fsp3) is 0.208. The van der Waals surface area contributed by atoms with E-state index < -0.39 is 0 Å². The zero-order valence-corrected chi connectivity index (χ0v) is 19.3. The Kier molecular flexibility index (Phi) is 6.99. The molecule has 1 heterocycles. The van der Waals surface area contributed by atoms with Crippen molar-refractivity contribution in [3.8, 4) is 11.5 Å². The van der Waals surface area contributed by atoms with Crippen molar-refractivity contribution in [2.75, 3.05) is 30.1 Å². The molecule has 9 heteroatoms. The lowest BCUT2D eigenvalue weighted by molar-refractivity contribution is -0.116. The highest BCUT2D eigenvalue weighted by Crippen LogP contribution is 2.28. The fourth-order valence-electron chi connectivity index (χ4n) is 3.47. The van der Waals surface area contributed by atoms with E-state index in [4.69, 9.17) is 15.3 Å². The molecule has 1 amide bonds. The minimum absolute atomic E-state index is 0.0315. The van der Waals surface area contributed by atoms with Crippen LogP contribution in [0.25, 0.3) is 10.8 Å². The Hall–Kier alpha value is -3.72. The van der Waals surface area contributed by atoms with Crippen LogP contribution in [0.3, 0.4) is 0 Å². The van der Waals surface area contributed by atoms with Crippen LogP contribution in [-0.4, -0.2) is 40.2 Å². The Morgan fingerprint density at radius 3 is 2.64 bits per heavy atom. The SMILES string of the molecule is CCN(C(=O)CSc1nnc(COc2cccc(OC)c2)n1N)c1cccc2ccccc12. The van der Waals surface area contributed by atoms with Crippen LogP contribution in [0.5, 0.6) is 11.5 Å². The standard InChI is InChI=1S/C24H25N5O3S/c1-3-28(21-13-6-9-17-8-4-5-12-20(17)21)23(30)16-33-24-27-26-22(29(24)25)15-32-19-11-7-10-18(14-19)31-2/h4-14H,3,15-16,25H2,1-2H3. The van der Waals surface area contributed by atoms with Crippen LogP contribution in [-0.2, 0) is 11.4 Å². The van der Waals surface area contributed by atoms with Gasteiger partial charge in [0, 0.05) is 18.0 Å². The number of nitrogen functional groups attached to an aromatic ring is 1. The third-order valence-corrected chi connectivity index (χ3v) is 6.07. The lowest BCUT2D eigenvalue weighted by atomic mass is 10.1. The summed E-state index contributed by atoms with van der Waals surface area (Å²) in [5.74, 6) is 8.08. The Labute approximate surface area is 196 Å². The van der Waals surface area contributed by atoms with Gasteiger partial charge in [0.15, 0.2) is 5.82 Å². The molecule has 4 aromatic rings. The number of fused-ring (bicyclic) bond motifs is 1. The summed E-state index contributed by atoms with van der Waals surface area (Å²) in [5, 5.41) is 10.8. The van der Waals surface area contributed by atoms with Crippen molar-refractivity contribution in [2.45, 2.75) is 18.7 Å². The van der Waals surface area contributed by atoms with Crippen LogP contribution in [0.15, 0.2) is 71.9 Å². The predicted molar refractivity (Wildman–Crippen MR) is 130 cm³/mol. The number of hydrogen-bond donors (Lipinski definition) is 1. The molecule has 3 aromatic carbocycles. The van der Waals surface area contributed by atoms with Gasteiger partial charge in [0.1, 0.15) is 18.1 Å². The molecule has 0 aliphatic carbocycles. The van der Waals surface area contributed by atoms with Gasteiger partial charge in [0.25, 0.3) is 0 Å². The number of carbonyl (C=O) groups is 1. The van der Waals surface area contributed by atoms with Gasteiger partial charge < -0.3 is 20.2 Å². The third-order valence-electron chi connectivity index (χ3n) is 5.14. The maximum absolute atomic E-state index is 13.1. The second-order valence-corrected chi connectivity index (χ2v) is 8.10. The monoisotopic (exact) mass is 463 g/mol. The summed E-state index contributed by atoms with van der Waals surface area (Å²) in [5.41, 5.74) is 0.891. The Bertz CT molecular complexity index is 1250. The van der Waals surface area contributed by atoms with Gasteiger partial charge in [-0.1, -0.05) is 54.2 Å². The largest absolute Gasteiger partial charge is 0.497 e. The van der Waals surface area contributed by atoms with Crippen LogP contribution in [0.2, 0.25) is 0 Å². The minimum atomic E-state index is -0.0315. The lowest BCUT2D eigenvalue weighted by Crippen LogP contribution is -2.32. The van der Waals surface area contributed by atoms with Crippen molar-refractivity contribution in [3.63, 3.8) is 0 Å². The molecule has 4 rings (SSSR count). The van der Waals surface area contributed by atoms with Crippen molar-refractivity contribution < 1.29 is 14.3 Å². The molecule has 0 saturated carbocycles. The number of nitrogens with two attached hydrogens (primary N) is 1. The molecular formula is C24H25N5O3S. The topological polar surface area (TPSA) is 95.5 Å². The first-order chi connectivity index (χ1) is 16.1. The number of aromatic nitrogens is 3. The average molecular weight is 464 g/mol. The number of anilines is 1. The fourth-order valence-corrected chi connectivity index (χ4v) is 4.22. The summed E-state index contributed by atoms with van der Waals surface area (Å²) in [6.07, 6.45) is 0. The van der Waals surface area contributed by atoms with Gasteiger partial charge in [-0.3, -0.25) is 4.79 Å². The van der Waals surface area contributed by atoms with Crippen molar-refractivity contribution in [1.82, 2.24) is 14.9 Å². The molecule has 0 radical (unpaired) electrons. The van der Waals surface area contributed by atoms with E-state index in [1.165, 1.54) is 16.4 Å². The Balaban J connectivity index is 1.41. The van der Waals surface area contributed by atoms with Crippen molar-refractivity contribution in [1.29, 1.82) is 0 Å². The van der Waals surface area contributed by atoms with Crippen molar-refractivity contribution in [3.05, 3.63) is 72.6 Å². The predicted octanol–water partition coefficient (Wildman–Crippen LogP) is 3.88. The first kappa shape index (κ1) is 22.5. The summed E-state index contributed by atoms with van der Waals surface area (Å²) in [6.45, 7) is 2.66. The zero-order valence-electron chi connectivity index (χ0n) is 18.5. The molecule has 0 spiro atoms. The Morgan fingerprint density at radius 2 is 1.82 bits per heavy atom. The summed E-state index contributed by atoms with van der Waals surface area (Å²) in [6, 6.07) is 21.3. The number of hydrogen-bond acceptors (Lipinski definition) is 7. The Morgan fingerprint density at radius 1 is 1.06 bits per heavy atom. The molecule has 0 fully saturated rings. The average Bonchev–Trinajstić information content (AvgIpc) is 3.21. The van der Waals surface area contributed by atoms with Gasteiger partial charge in [-0.15, -0.1) is 10.2 Å². The lowest BCUT2D eigenvalue weighted by Gasteiger charge is -2.22. The van der Waals surface area contributed by atoms with E-state index in [1.807, 2.05) is 67.6 Å². The quantitative estimate of drug-likeness (QED) is 0.297. The van der Waals surface area contributed by atoms with Gasteiger partial charge in [-0.25, -0.2) is 4.68 Å². The number of benzene rings is 3. The first-order valence-corrected chi connectivity index (χ1v) is 11.5. The van der Waals surface area contributed by atoms with E-state index in [0.29, 0.717) is 29.0 Å². The summed E-state index contributed by atoms with van der Waals surface area (Å²) >= 11 is 1.25. The van der Waals surface area contributed by atoms with E-state index in [1.54, 1.807) is 18.1 Å². The van der Waals surface area contributed by atoms with Crippen molar-refractivity contribution in [2.24, 2.45) is 0 Å². The second-order valence-electron chi connectivity index (χ2n) is 7.16. The third kappa shape index (κ3) is 5.04. The van der Waals surface area contributed by atoms with Crippen molar-refractivity contribution >= 4 is 34.1 Å². The summed E-state index contributed by atoms with van der Waals surface area (Å²) in [4.78, 5) is 14.8. The minimum Gasteiger partial charge on any atom is -0.497 e. The van der Waals surface area contributed by atoms with E-state index in [9.17, 15) is 4.79 Å². The summed E-state index contributed by atoms with van der Waals surface area (Å²) < 4.78 is 12.3. The number of methoxy groups -OCH3 is 1. The van der Waals surface area contributed by atoms with Crippen LogP contribution >= 0.6 is 11.8 Å². The molecule has 170 valence electrons. The summed E-state index contributed by atoms with van der Waals surface area (Å²) in [7, 11) is 1.60. The molecule has 8 nitrogen and oxygen atoms in total. The van der Waals surface area contributed by atoms with Crippen LogP contribution in [0, 0.1) is 0 Å². The number of thioether (sulfide) groups is 1. The number of carbonyl (C=O) groups excluding carboxylic acids is 1. The van der Waals surface area contributed by atoms with Crippen LogP contribution in [0.1, 0.15) is 12.7 Å². The number of ether oxygens (including phenoxy) is 2. The van der Waals surface area contributed by atoms with Gasteiger partial charge in [0.2, 0.25) is 11.1 Å². The number of rotatable bonds is 9. The molecule has 0 saturated heterocycles. The molecule has 1 aromatic heterocycles. The van der Waals surface area contributed by atoms with Crippen LogP contribution in [0.4, 0.5) is 5.69 Å². The van der Waals surface area contributed by atoms with E-state index in [-0.39, 0.29) is 18.3 Å². The highest BCUT2D eigenvalue weighted by atomic mass is 32.2. The maximum Gasteiger partial charge on any atom is 0.237 e. The number of amides is 1.